The first-order valence-corrected chi connectivity index (χ1v) is 4.25. The summed E-state index contributed by atoms with van der Waals surface area (Å²) in [6.07, 6.45) is 1.49. The third-order valence-corrected chi connectivity index (χ3v) is 1.84. The molecule has 4 nitrogen and oxygen atoms in total. The lowest BCUT2D eigenvalue weighted by atomic mass is 10.7. The smallest absolute Gasteiger partial charge is 0.177 e. The second-order valence-electron chi connectivity index (χ2n) is 1.90. The van der Waals surface area contributed by atoms with Gasteiger partial charge in [-0.2, -0.15) is 0 Å². The van der Waals surface area contributed by atoms with Gasteiger partial charge in [0.15, 0.2) is 10.8 Å². The normalized spacial score (nSPS) is 10.7. The van der Waals surface area contributed by atoms with E-state index < -0.39 is 0 Å². The van der Waals surface area contributed by atoms with Crippen molar-refractivity contribution in [3.8, 4) is 0 Å². The van der Waals surface area contributed by atoms with E-state index in [0.29, 0.717) is 10.8 Å². The average Bonchev–Trinajstić information content (AvgIpc) is 2.27. The van der Waals surface area contributed by atoms with E-state index in [0.717, 1.165) is 3.70 Å². The largest absolute Gasteiger partial charge is 0.232 e. The maximum absolute atomic E-state index is 5.59. The Kier molecular flexibility index (Phi) is 1.68. The summed E-state index contributed by atoms with van der Waals surface area (Å²) in [5.41, 5.74) is 0.707. The Labute approximate surface area is 80.7 Å². The standard InChI is InChI=1S/C5H2ClIN4/c6-3-2-8-5-1-4(7)10-11(5)9-3/h1-2H. The SMILES string of the molecule is Clc1cnc2cc(I)nn2n1. The molecular formula is C5H2ClIN4. The lowest BCUT2D eigenvalue weighted by molar-refractivity contribution is 0.776. The molecule has 0 aliphatic heterocycles. The van der Waals surface area contributed by atoms with Crippen LogP contribution in [-0.4, -0.2) is 19.8 Å². The van der Waals surface area contributed by atoms with Crippen molar-refractivity contribution in [1.82, 2.24) is 19.8 Å². The lowest BCUT2D eigenvalue weighted by Gasteiger charge is -1.88. The Balaban J connectivity index is 2.82. The summed E-state index contributed by atoms with van der Waals surface area (Å²) in [7, 11) is 0. The van der Waals surface area contributed by atoms with E-state index in [1.165, 1.54) is 10.8 Å². The minimum Gasteiger partial charge on any atom is -0.232 e. The first kappa shape index (κ1) is 7.23. The zero-order valence-corrected chi connectivity index (χ0v) is 8.11. The summed E-state index contributed by atoms with van der Waals surface area (Å²) in [4.78, 5) is 4.00. The van der Waals surface area contributed by atoms with Gasteiger partial charge in [-0.15, -0.1) is 14.8 Å². The van der Waals surface area contributed by atoms with Gasteiger partial charge in [-0.25, -0.2) is 4.98 Å². The molecular weight excluding hydrogens is 278 g/mol. The summed E-state index contributed by atoms with van der Waals surface area (Å²) in [5, 5.41) is 8.26. The van der Waals surface area contributed by atoms with Crippen molar-refractivity contribution in [3.63, 3.8) is 0 Å². The molecule has 0 saturated carbocycles. The highest BCUT2D eigenvalue weighted by Gasteiger charge is 1.99. The molecule has 11 heavy (non-hydrogen) atoms. The maximum atomic E-state index is 5.59. The molecule has 2 aromatic rings. The van der Waals surface area contributed by atoms with Crippen LogP contribution < -0.4 is 0 Å². The Morgan fingerprint density at radius 2 is 2.27 bits per heavy atom. The molecule has 0 atom stereocenters. The number of hydrogen-bond donors (Lipinski definition) is 0. The third-order valence-electron chi connectivity index (χ3n) is 1.14. The summed E-state index contributed by atoms with van der Waals surface area (Å²) < 4.78 is 2.26. The average molecular weight is 280 g/mol. The Hall–Kier alpha value is -0.430. The van der Waals surface area contributed by atoms with Crippen LogP contribution in [0.5, 0.6) is 0 Å². The van der Waals surface area contributed by atoms with Crippen LogP contribution in [0.2, 0.25) is 5.15 Å². The molecule has 0 amide bonds. The summed E-state index contributed by atoms with van der Waals surface area (Å²) in [6, 6.07) is 1.82. The second-order valence-corrected chi connectivity index (χ2v) is 3.39. The maximum Gasteiger partial charge on any atom is 0.177 e. The van der Waals surface area contributed by atoms with Crippen LogP contribution >= 0.6 is 34.2 Å². The Morgan fingerprint density at radius 3 is 3.09 bits per heavy atom. The van der Waals surface area contributed by atoms with Crippen LogP contribution in [-0.2, 0) is 0 Å². The van der Waals surface area contributed by atoms with Gasteiger partial charge in [-0.1, -0.05) is 11.6 Å². The molecule has 0 spiro atoms. The van der Waals surface area contributed by atoms with E-state index in [1.807, 2.05) is 6.07 Å². The van der Waals surface area contributed by atoms with E-state index in [4.69, 9.17) is 11.6 Å². The first-order valence-electron chi connectivity index (χ1n) is 2.80. The van der Waals surface area contributed by atoms with Crippen LogP contribution in [0.15, 0.2) is 12.3 Å². The van der Waals surface area contributed by atoms with Gasteiger partial charge in [0.2, 0.25) is 0 Å². The Morgan fingerprint density at radius 1 is 1.45 bits per heavy atom. The fraction of sp³-hybridized carbons (Fsp3) is 0. The highest BCUT2D eigenvalue weighted by Crippen LogP contribution is 2.06. The Bertz CT molecular complexity index is 398. The zero-order valence-electron chi connectivity index (χ0n) is 5.20. The fourth-order valence-corrected chi connectivity index (χ4v) is 1.34. The molecule has 0 unspecified atom stereocenters. The summed E-state index contributed by atoms with van der Waals surface area (Å²) >= 11 is 7.68. The van der Waals surface area contributed by atoms with Gasteiger partial charge in [-0.05, 0) is 22.6 Å². The van der Waals surface area contributed by atoms with Gasteiger partial charge in [-0.3, -0.25) is 0 Å². The van der Waals surface area contributed by atoms with Gasteiger partial charge in [0, 0.05) is 6.07 Å². The van der Waals surface area contributed by atoms with E-state index in [-0.39, 0.29) is 0 Å². The van der Waals surface area contributed by atoms with Crippen molar-refractivity contribution in [2.45, 2.75) is 0 Å². The van der Waals surface area contributed by atoms with Gasteiger partial charge >= 0.3 is 0 Å². The van der Waals surface area contributed by atoms with Crippen LogP contribution in [0.1, 0.15) is 0 Å². The molecule has 0 radical (unpaired) electrons. The molecule has 6 heteroatoms. The molecule has 2 rings (SSSR count). The predicted molar refractivity (Wildman–Crippen MR) is 48.5 cm³/mol. The summed E-state index contributed by atoms with van der Waals surface area (Å²) in [5.74, 6) is 0. The first-order chi connectivity index (χ1) is 5.25. The van der Waals surface area contributed by atoms with Crippen LogP contribution in [0.3, 0.4) is 0 Å². The number of halogens is 2. The number of fused-ring (bicyclic) bond motifs is 1. The number of hydrogen-bond acceptors (Lipinski definition) is 3. The molecule has 0 N–H and O–H groups in total. The molecule has 2 aromatic heterocycles. The minimum atomic E-state index is 0.344. The zero-order chi connectivity index (χ0) is 7.84. The van der Waals surface area contributed by atoms with E-state index in [9.17, 15) is 0 Å². The van der Waals surface area contributed by atoms with Crippen molar-refractivity contribution in [1.29, 1.82) is 0 Å². The molecule has 0 aliphatic carbocycles. The minimum absolute atomic E-state index is 0.344. The van der Waals surface area contributed by atoms with Gasteiger partial charge in [0.1, 0.15) is 3.70 Å². The second kappa shape index (κ2) is 2.56. The number of aromatic nitrogens is 4. The van der Waals surface area contributed by atoms with E-state index in [2.05, 4.69) is 37.8 Å². The fourth-order valence-electron chi connectivity index (χ4n) is 0.733. The molecule has 0 saturated heterocycles. The number of rotatable bonds is 0. The lowest BCUT2D eigenvalue weighted by Crippen LogP contribution is -1.95. The van der Waals surface area contributed by atoms with Crippen LogP contribution in [0.4, 0.5) is 0 Å². The van der Waals surface area contributed by atoms with Crippen molar-refractivity contribution >= 4 is 39.8 Å². The van der Waals surface area contributed by atoms with Gasteiger partial charge < -0.3 is 0 Å². The monoisotopic (exact) mass is 280 g/mol. The van der Waals surface area contributed by atoms with Crippen molar-refractivity contribution in [2.75, 3.05) is 0 Å². The van der Waals surface area contributed by atoms with Gasteiger partial charge in [0.25, 0.3) is 0 Å². The molecule has 56 valence electrons. The van der Waals surface area contributed by atoms with Crippen LogP contribution in [0, 0.1) is 3.70 Å². The summed E-state index contributed by atoms with van der Waals surface area (Å²) in [6.45, 7) is 0. The van der Waals surface area contributed by atoms with Crippen molar-refractivity contribution in [3.05, 3.63) is 21.1 Å². The molecule has 0 fully saturated rings. The topological polar surface area (TPSA) is 43.1 Å². The molecule has 0 bridgehead atoms. The van der Waals surface area contributed by atoms with Crippen molar-refractivity contribution in [2.24, 2.45) is 0 Å². The van der Waals surface area contributed by atoms with Crippen molar-refractivity contribution < 1.29 is 0 Å². The van der Waals surface area contributed by atoms with Gasteiger partial charge in [0.05, 0.1) is 6.20 Å². The van der Waals surface area contributed by atoms with E-state index >= 15 is 0 Å². The third kappa shape index (κ3) is 1.30. The molecule has 0 aliphatic rings. The molecule has 0 aromatic carbocycles. The molecule has 2 heterocycles. The van der Waals surface area contributed by atoms with E-state index in [1.54, 1.807) is 0 Å². The predicted octanol–water partition coefficient (Wildman–Crippen LogP) is 1.38. The number of nitrogens with zero attached hydrogens (tertiary/aromatic N) is 4. The highest BCUT2D eigenvalue weighted by molar-refractivity contribution is 14.1. The van der Waals surface area contributed by atoms with Crippen LogP contribution in [0.25, 0.3) is 5.65 Å². The highest BCUT2D eigenvalue weighted by atomic mass is 127. The quantitative estimate of drug-likeness (QED) is 0.685.